The van der Waals surface area contributed by atoms with E-state index < -0.39 is 42.2 Å². The van der Waals surface area contributed by atoms with Crippen LogP contribution in [-0.2, 0) is 85.7 Å². The minimum atomic E-state index is -5.08. The molecule has 0 aromatic heterocycles. The van der Waals surface area contributed by atoms with Crippen LogP contribution in [0.15, 0.2) is 0 Å². The fourth-order valence-electron chi connectivity index (χ4n) is 5.92. The van der Waals surface area contributed by atoms with Crippen LogP contribution < -0.4 is 10.6 Å². The Morgan fingerprint density at radius 3 is 0.671 bits per heavy atom. The van der Waals surface area contributed by atoms with Gasteiger partial charge in [-0.3, -0.25) is 43.6 Å². The van der Waals surface area contributed by atoms with Gasteiger partial charge < -0.3 is 88.3 Å². The number of carboxylic acid groups (broad SMARTS) is 5. The molecule has 0 aromatic carbocycles. The van der Waals surface area contributed by atoms with Crippen molar-refractivity contribution in [2.24, 2.45) is 0 Å². The van der Waals surface area contributed by atoms with Crippen LogP contribution in [-0.4, -0.2) is 341 Å². The van der Waals surface area contributed by atoms with Gasteiger partial charge in [0, 0.05) is 65.4 Å². The predicted molar refractivity (Wildman–Crippen MR) is 275 cm³/mol. The number of alkyl halides is 7. The van der Waals surface area contributed by atoms with Crippen molar-refractivity contribution in [3.63, 3.8) is 0 Å². The van der Waals surface area contributed by atoms with Crippen molar-refractivity contribution in [1.82, 2.24) is 30.2 Å². The molecule has 1 rings (SSSR count). The molecule has 0 aliphatic carbocycles. The Hall–Kier alpha value is -4.25. The minimum absolute atomic E-state index is 0.0294. The summed E-state index contributed by atoms with van der Waals surface area (Å²) in [6, 6.07) is 0. The number of carbonyl (C=O) groups is 7. The molecule has 29 nitrogen and oxygen atoms in total. The van der Waals surface area contributed by atoms with E-state index in [4.69, 9.17) is 71.9 Å². The third-order valence-corrected chi connectivity index (χ3v) is 10.3. The zero-order valence-electron chi connectivity index (χ0n) is 45.7. The molecular weight excluding hydrogens is 1200 g/mol. The summed E-state index contributed by atoms with van der Waals surface area (Å²) >= 11 is 3.08. The zero-order chi connectivity index (χ0) is 61.7. The maximum absolute atomic E-state index is 12.8. The van der Waals surface area contributed by atoms with Crippen molar-refractivity contribution in [1.29, 1.82) is 0 Å². The summed E-state index contributed by atoms with van der Waals surface area (Å²) in [5.41, 5.74) is 0. The number of carboxylic acids is 5. The second-order valence-corrected chi connectivity index (χ2v) is 17.0. The first kappa shape index (κ1) is 79.8. The van der Waals surface area contributed by atoms with Gasteiger partial charge in [-0.25, -0.2) is 9.59 Å². The first-order valence-electron chi connectivity index (χ1n) is 25.6. The summed E-state index contributed by atoms with van der Waals surface area (Å²) in [7, 11) is 0. The van der Waals surface area contributed by atoms with Gasteiger partial charge in [0.25, 0.3) is 0 Å². The summed E-state index contributed by atoms with van der Waals surface area (Å²) in [6.07, 6.45) is -10.2. The van der Waals surface area contributed by atoms with Crippen LogP contribution in [0.25, 0.3) is 0 Å². The largest absolute Gasteiger partial charge is 0.490 e. The Morgan fingerprint density at radius 1 is 0.329 bits per heavy atom. The van der Waals surface area contributed by atoms with E-state index in [2.05, 4.69) is 26.6 Å². The van der Waals surface area contributed by atoms with Crippen LogP contribution in [0.1, 0.15) is 0 Å². The number of hydrogen-bond donors (Lipinski definition) is 7. The number of hydrogen-bond acceptors (Lipinski definition) is 22. The van der Waals surface area contributed by atoms with Crippen molar-refractivity contribution in [3.05, 3.63) is 0 Å². The van der Waals surface area contributed by atoms with Crippen molar-refractivity contribution < 1.29 is 138 Å². The Bertz CT molecular complexity index is 1620. The Morgan fingerprint density at radius 2 is 0.500 bits per heavy atom. The zero-order valence-corrected chi connectivity index (χ0v) is 47.3. The van der Waals surface area contributed by atoms with Crippen LogP contribution in [0.3, 0.4) is 0 Å². The lowest BCUT2D eigenvalue weighted by Gasteiger charge is -2.32. The van der Waals surface area contributed by atoms with Crippen LogP contribution in [0.2, 0.25) is 0 Å². The molecule has 1 saturated heterocycles. The smallest absolute Gasteiger partial charge is 0.480 e. The number of carbonyl (C=O) groups excluding carboxylic acids is 2. The van der Waals surface area contributed by atoms with E-state index in [-0.39, 0.29) is 56.5 Å². The Kier molecular flexibility index (Phi) is 52.1. The highest BCUT2D eigenvalue weighted by Crippen LogP contribution is 2.14. The van der Waals surface area contributed by atoms with E-state index in [1.165, 1.54) is 0 Å². The van der Waals surface area contributed by atoms with Gasteiger partial charge in [0.15, 0.2) is 0 Å². The van der Waals surface area contributed by atoms with E-state index >= 15 is 0 Å². The maximum Gasteiger partial charge on any atom is 0.490 e. The molecular formula is C46H81BrF6N6O23. The summed E-state index contributed by atoms with van der Waals surface area (Å²) in [5.74, 6) is -8.88. The number of halogens is 7. The highest BCUT2D eigenvalue weighted by Gasteiger charge is 2.39. The summed E-state index contributed by atoms with van der Waals surface area (Å²) < 4.78 is 124. The molecule has 1 aliphatic rings. The topological polar surface area (TPSA) is 359 Å². The second-order valence-electron chi connectivity index (χ2n) is 16.5. The van der Waals surface area contributed by atoms with Crippen LogP contribution in [0.5, 0.6) is 0 Å². The molecule has 0 radical (unpaired) electrons. The van der Waals surface area contributed by atoms with Crippen molar-refractivity contribution >= 4 is 57.6 Å². The van der Waals surface area contributed by atoms with E-state index in [9.17, 15) is 65.6 Å². The SMILES string of the molecule is O=C(O)C(F)(F)F.O=C(O)C(F)(F)F.O=C(O)CN1CCN(CC(=O)O)CCN(CC(=O)NCCOCCOCCOCCOCCOCCOCCOCCOCCOCCOCCOCCNC(=O)CBr)CCN(CC(=O)O)CC1. The third kappa shape index (κ3) is 57.6. The molecule has 0 bridgehead atoms. The average Bonchev–Trinajstić information content (AvgIpc) is 3.39. The first-order chi connectivity index (χ1) is 39.0. The van der Waals surface area contributed by atoms with E-state index in [0.717, 1.165) is 0 Å². The standard InChI is InChI=1S/C42H79BrN6O19.2C2HF3O2/c43-33-38(50)44-1-11-58-13-15-60-17-19-62-21-23-64-25-27-66-29-31-68-32-30-67-28-26-65-24-22-63-20-18-61-16-14-59-12-2-45-39(51)34-46-3-5-47(35-40(52)53)7-9-49(37-42(56)57)10-8-48(6-4-46)36-41(54)55;2*3-2(4,5)1(6)7/h1-37H2,(H,44,50)(H,45,51)(H,52,53)(H,54,55)(H,56,57);2*(H,6,7). The lowest BCUT2D eigenvalue weighted by atomic mass is 10.3. The number of nitrogens with one attached hydrogen (secondary N) is 2. The van der Waals surface area contributed by atoms with Gasteiger partial charge in [-0.1, -0.05) is 15.9 Å². The monoisotopic (exact) mass is 1280 g/mol. The predicted octanol–water partition coefficient (Wildman–Crippen LogP) is -1.46. The Balaban J connectivity index is 0. The lowest BCUT2D eigenvalue weighted by molar-refractivity contribution is -0.193. The molecule has 82 heavy (non-hydrogen) atoms. The number of aliphatic carboxylic acids is 5. The lowest BCUT2D eigenvalue weighted by Crippen LogP contribution is -2.50. The fourth-order valence-corrected chi connectivity index (χ4v) is 6.12. The highest BCUT2D eigenvalue weighted by molar-refractivity contribution is 9.09. The molecule has 36 heteroatoms. The normalized spacial score (nSPS) is 14.3. The number of rotatable bonds is 45. The Labute approximate surface area is 479 Å². The van der Waals surface area contributed by atoms with Crippen molar-refractivity contribution in [3.8, 4) is 0 Å². The van der Waals surface area contributed by atoms with Gasteiger partial charge in [-0.05, 0) is 0 Å². The fraction of sp³-hybridized carbons (Fsp3) is 0.848. The molecule has 1 aliphatic heterocycles. The molecule has 0 unspecified atom stereocenters. The molecule has 0 saturated carbocycles. The molecule has 7 N–H and O–H groups in total. The molecule has 0 aromatic rings. The molecule has 0 spiro atoms. The van der Waals surface area contributed by atoms with Crippen LogP contribution >= 0.6 is 15.9 Å². The van der Waals surface area contributed by atoms with Gasteiger partial charge in [0.05, 0.1) is 177 Å². The number of amides is 2. The molecule has 0 atom stereocenters. The van der Waals surface area contributed by atoms with E-state index in [1.54, 1.807) is 14.7 Å². The quantitative estimate of drug-likeness (QED) is 0.0208. The number of nitrogens with zero attached hydrogens (tertiary/aromatic N) is 4. The first-order valence-corrected chi connectivity index (χ1v) is 26.7. The summed E-state index contributed by atoms with van der Waals surface area (Å²) in [4.78, 5) is 82.9. The molecule has 1 fully saturated rings. The molecule has 1 heterocycles. The molecule has 2 amide bonds. The van der Waals surface area contributed by atoms with Crippen LogP contribution in [0, 0.1) is 0 Å². The summed E-state index contributed by atoms with van der Waals surface area (Å²) in [6.45, 7) is 12.1. The van der Waals surface area contributed by atoms with Crippen LogP contribution in [0.4, 0.5) is 26.3 Å². The highest BCUT2D eigenvalue weighted by atomic mass is 79.9. The van der Waals surface area contributed by atoms with Gasteiger partial charge in [-0.2, -0.15) is 26.3 Å². The maximum atomic E-state index is 12.8. The average molecular weight is 1280 g/mol. The van der Waals surface area contributed by atoms with Gasteiger partial charge in [-0.15, -0.1) is 0 Å². The molecule has 482 valence electrons. The van der Waals surface area contributed by atoms with E-state index in [0.29, 0.717) is 198 Å². The van der Waals surface area contributed by atoms with Crippen molar-refractivity contribution in [2.45, 2.75) is 12.4 Å². The van der Waals surface area contributed by atoms with Gasteiger partial charge in [0.2, 0.25) is 11.8 Å². The second kappa shape index (κ2) is 53.5. The third-order valence-electron chi connectivity index (χ3n) is 9.84. The number of ether oxygens (including phenoxy) is 11. The summed E-state index contributed by atoms with van der Waals surface area (Å²) in [5, 5.41) is 48.2. The van der Waals surface area contributed by atoms with Gasteiger partial charge >= 0.3 is 42.2 Å². The van der Waals surface area contributed by atoms with Gasteiger partial charge in [0.1, 0.15) is 0 Å². The van der Waals surface area contributed by atoms with E-state index in [1.807, 2.05) is 4.90 Å². The van der Waals surface area contributed by atoms with Crippen molar-refractivity contribution in [2.75, 3.05) is 242 Å². The minimum Gasteiger partial charge on any atom is -0.480 e.